The van der Waals surface area contributed by atoms with Gasteiger partial charge in [0.15, 0.2) is 5.82 Å². The largest absolute Gasteiger partial charge is 0.478 e. The van der Waals surface area contributed by atoms with Gasteiger partial charge in [0.2, 0.25) is 0 Å². The summed E-state index contributed by atoms with van der Waals surface area (Å²) in [5.74, 6) is -1.18. The van der Waals surface area contributed by atoms with Crippen molar-refractivity contribution in [3.8, 4) is 22.4 Å². The molecule has 29 heavy (non-hydrogen) atoms. The maximum Gasteiger partial charge on any atom is 0.335 e. The lowest BCUT2D eigenvalue weighted by Gasteiger charge is -2.07. The second kappa shape index (κ2) is 6.59. The van der Waals surface area contributed by atoms with Crippen LogP contribution in [0.3, 0.4) is 0 Å². The Hall–Kier alpha value is -3.40. The van der Waals surface area contributed by atoms with Crippen molar-refractivity contribution in [3.63, 3.8) is 0 Å². The predicted octanol–water partition coefficient (Wildman–Crippen LogP) is 6.20. The molecule has 0 saturated carbocycles. The molecule has 1 aliphatic carbocycles. The number of hydrogen-bond acceptors (Lipinski definition) is 1. The van der Waals surface area contributed by atoms with Gasteiger partial charge >= 0.3 is 5.97 Å². The van der Waals surface area contributed by atoms with Gasteiger partial charge < -0.3 is 10.1 Å². The van der Waals surface area contributed by atoms with Crippen LogP contribution in [0.2, 0.25) is 0 Å². The number of carbonyl (C=O) groups is 1. The van der Waals surface area contributed by atoms with Crippen LogP contribution in [0.4, 0.5) is 4.39 Å². The maximum atomic E-state index is 15.4. The molecule has 0 fully saturated rings. The Kier molecular flexibility index (Phi) is 4.02. The average molecular weight is 385 g/mol. The van der Waals surface area contributed by atoms with Crippen molar-refractivity contribution in [1.29, 1.82) is 0 Å². The van der Waals surface area contributed by atoms with Crippen LogP contribution >= 0.6 is 0 Å². The second-order valence-electron chi connectivity index (χ2n) is 7.63. The first-order valence-corrected chi connectivity index (χ1v) is 9.85. The molecule has 1 aliphatic rings. The first-order chi connectivity index (χ1) is 14.1. The number of benzene rings is 3. The van der Waals surface area contributed by atoms with E-state index in [2.05, 4.69) is 24.0 Å². The van der Waals surface area contributed by atoms with E-state index in [1.54, 1.807) is 12.1 Å². The molecular weight excluding hydrogens is 365 g/mol. The molecule has 0 atom stereocenters. The summed E-state index contributed by atoms with van der Waals surface area (Å²) in [5.41, 5.74) is 7.33. The number of aromatic nitrogens is 1. The molecule has 0 aliphatic heterocycles. The Balaban J connectivity index is 1.59. The molecule has 0 bridgehead atoms. The third-order valence-electron chi connectivity index (χ3n) is 5.81. The van der Waals surface area contributed by atoms with Crippen LogP contribution in [0.1, 0.15) is 40.4 Å². The lowest BCUT2D eigenvalue weighted by molar-refractivity contribution is 0.0697. The molecule has 0 amide bonds. The number of rotatable bonds is 4. The summed E-state index contributed by atoms with van der Waals surface area (Å²) in [6, 6.07) is 17.0. The van der Waals surface area contributed by atoms with Crippen molar-refractivity contribution >= 4 is 16.9 Å². The highest BCUT2D eigenvalue weighted by Gasteiger charge is 2.26. The molecule has 5 rings (SSSR count). The highest BCUT2D eigenvalue weighted by molar-refractivity contribution is 5.98. The number of carboxylic acid groups (broad SMARTS) is 1. The van der Waals surface area contributed by atoms with Gasteiger partial charge in [0.05, 0.1) is 16.8 Å². The van der Waals surface area contributed by atoms with E-state index in [1.165, 1.54) is 5.56 Å². The van der Waals surface area contributed by atoms with E-state index in [1.807, 2.05) is 30.3 Å². The maximum absolute atomic E-state index is 15.4. The number of aryl methyl sites for hydroxylation is 1. The van der Waals surface area contributed by atoms with Gasteiger partial charge in [-0.25, -0.2) is 9.18 Å². The topological polar surface area (TPSA) is 53.1 Å². The van der Waals surface area contributed by atoms with E-state index in [9.17, 15) is 9.90 Å². The summed E-state index contributed by atoms with van der Waals surface area (Å²) in [5, 5.41) is 10.1. The molecule has 0 unspecified atom stereocenters. The number of hydrogen-bond donors (Lipinski definition) is 2. The fraction of sp³-hybridized carbons (Fsp3) is 0.160. The number of aromatic amines is 1. The van der Waals surface area contributed by atoms with Gasteiger partial charge in [0.1, 0.15) is 0 Å². The summed E-state index contributed by atoms with van der Waals surface area (Å²) >= 11 is 0. The van der Waals surface area contributed by atoms with Crippen molar-refractivity contribution in [2.24, 2.45) is 0 Å². The third kappa shape index (κ3) is 2.75. The Bertz CT molecular complexity index is 1270. The zero-order valence-corrected chi connectivity index (χ0v) is 16.1. The van der Waals surface area contributed by atoms with Crippen LogP contribution in [-0.4, -0.2) is 16.1 Å². The Morgan fingerprint density at radius 2 is 1.83 bits per heavy atom. The van der Waals surface area contributed by atoms with Gasteiger partial charge in [-0.05, 0) is 40.8 Å². The van der Waals surface area contributed by atoms with Gasteiger partial charge in [-0.1, -0.05) is 55.8 Å². The van der Waals surface area contributed by atoms with E-state index in [-0.39, 0.29) is 11.4 Å². The minimum absolute atomic E-state index is 0.246. The first-order valence-electron chi connectivity index (χ1n) is 9.85. The molecule has 2 N–H and O–H groups in total. The highest BCUT2D eigenvalue weighted by Crippen LogP contribution is 2.42. The zero-order chi connectivity index (χ0) is 20.1. The fourth-order valence-corrected chi connectivity index (χ4v) is 4.37. The second-order valence-corrected chi connectivity index (χ2v) is 7.63. The lowest BCUT2D eigenvalue weighted by atomic mass is 9.99. The zero-order valence-electron chi connectivity index (χ0n) is 16.1. The van der Waals surface area contributed by atoms with Crippen LogP contribution in [-0.2, 0) is 12.8 Å². The fourth-order valence-electron chi connectivity index (χ4n) is 4.37. The SMILES string of the molecule is CCCc1ccc(-c2ccc3c4c([nH]c3c2F)-c2ccc(C(=O)O)cc2C4)cc1. The number of fused-ring (bicyclic) bond motifs is 5. The summed E-state index contributed by atoms with van der Waals surface area (Å²) in [6.07, 6.45) is 2.72. The number of carboxylic acids is 1. The van der Waals surface area contributed by atoms with Crippen molar-refractivity contribution in [3.05, 3.63) is 82.7 Å². The monoisotopic (exact) mass is 385 g/mol. The van der Waals surface area contributed by atoms with Crippen LogP contribution in [0.15, 0.2) is 54.6 Å². The van der Waals surface area contributed by atoms with Gasteiger partial charge in [0.25, 0.3) is 0 Å². The molecule has 4 aromatic rings. The molecular formula is C25H20FNO2. The van der Waals surface area contributed by atoms with Crippen LogP contribution in [0.25, 0.3) is 33.3 Å². The van der Waals surface area contributed by atoms with Gasteiger partial charge in [0, 0.05) is 22.9 Å². The average Bonchev–Trinajstić information content (AvgIpc) is 3.25. The summed E-state index contributed by atoms with van der Waals surface area (Å²) < 4.78 is 15.4. The molecule has 0 spiro atoms. The van der Waals surface area contributed by atoms with Crippen molar-refractivity contribution in [2.75, 3.05) is 0 Å². The molecule has 0 radical (unpaired) electrons. The molecule has 144 valence electrons. The quantitative estimate of drug-likeness (QED) is 0.387. The van der Waals surface area contributed by atoms with Crippen LogP contribution < -0.4 is 0 Å². The van der Waals surface area contributed by atoms with E-state index >= 15 is 4.39 Å². The van der Waals surface area contributed by atoms with Crippen LogP contribution in [0, 0.1) is 5.82 Å². The molecule has 4 heteroatoms. The minimum Gasteiger partial charge on any atom is -0.478 e. The first kappa shape index (κ1) is 17.7. The highest BCUT2D eigenvalue weighted by atomic mass is 19.1. The summed E-state index contributed by atoms with van der Waals surface area (Å²) in [6.45, 7) is 2.15. The van der Waals surface area contributed by atoms with Crippen molar-refractivity contribution < 1.29 is 14.3 Å². The Morgan fingerprint density at radius 1 is 1.07 bits per heavy atom. The summed E-state index contributed by atoms with van der Waals surface area (Å²) in [4.78, 5) is 14.5. The Labute approximate surface area is 167 Å². The van der Waals surface area contributed by atoms with Gasteiger partial charge in [-0.3, -0.25) is 0 Å². The van der Waals surface area contributed by atoms with Crippen molar-refractivity contribution in [2.45, 2.75) is 26.2 Å². The number of nitrogens with one attached hydrogen (secondary N) is 1. The summed E-state index contributed by atoms with van der Waals surface area (Å²) in [7, 11) is 0. The minimum atomic E-state index is -0.936. The van der Waals surface area contributed by atoms with E-state index < -0.39 is 5.97 Å². The normalized spacial score (nSPS) is 12.2. The molecule has 3 nitrogen and oxygen atoms in total. The third-order valence-corrected chi connectivity index (χ3v) is 5.81. The molecule has 1 aromatic heterocycles. The van der Waals surface area contributed by atoms with Gasteiger partial charge in [-0.15, -0.1) is 0 Å². The predicted molar refractivity (Wildman–Crippen MR) is 113 cm³/mol. The van der Waals surface area contributed by atoms with Crippen molar-refractivity contribution in [1.82, 2.24) is 4.98 Å². The van der Waals surface area contributed by atoms with Crippen LogP contribution in [0.5, 0.6) is 0 Å². The van der Waals surface area contributed by atoms with E-state index in [4.69, 9.17) is 0 Å². The Morgan fingerprint density at radius 3 is 2.55 bits per heavy atom. The molecule has 3 aromatic carbocycles. The molecule has 0 saturated heterocycles. The number of H-pyrrole nitrogens is 1. The van der Waals surface area contributed by atoms with E-state index in [0.29, 0.717) is 17.5 Å². The lowest BCUT2D eigenvalue weighted by Crippen LogP contribution is -1.97. The van der Waals surface area contributed by atoms with Gasteiger partial charge in [-0.2, -0.15) is 0 Å². The van der Waals surface area contributed by atoms with E-state index in [0.717, 1.165) is 46.2 Å². The number of halogens is 1. The molecule has 1 heterocycles. The standard InChI is InChI=1S/C25H20FNO2/c1-2-3-14-4-6-15(7-5-14)18-10-11-20-21-13-17-12-16(25(28)29)8-9-19(17)23(21)27-24(20)22(18)26/h4-12,27H,2-3,13H2,1H3,(H,28,29). The smallest absolute Gasteiger partial charge is 0.335 e. The number of aromatic carboxylic acids is 1.